The van der Waals surface area contributed by atoms with Gasteiger partial charge >= 0.3 is 15.6 Å². The summed E-state index contributed by atoms with van der Waals surface area (Å²) in [5.74, 6) is -0.213. The van der Waals surface area contributed by atoms with E-state index >= 15 is 0 Å². The number of pyridine rings is 1. The third-order valence-electron chi connectivity index (χ3n) is 1.34. The monoisotopic (exact) mass is 341 g/mol. The molecule has 0 aliphatic rings. The number of alkyl halides is 3. The van der Waals surface area contributed by atoms with Gasteiger partial charge in [-0.2, -0.15) is 21.6 Å². The lowest BCUT2D eigenvalue weighted by atomic mass is 10.4. The van der Waals surface area contributed by atoms with Gasteiger partial charge in [-0.05, 0) is 12.1 Å². The van der Waals surface area contributed by atoms with Crippen LogP contribution in [0.1, 0.15) is 5.69 Å². The van der Waals surface area contributed by atoms with Crippen LogP contribution in [0.5, 0.6) is 0 Å². The second-order valence-corrected chi connectivity index (χ2v) is 7.12. The van der Waals surface area contributed by atoms with Crippen LogP contribution < -0.4 is 0 Å². The van der Waals surface area contributed by atoms with Gasteiger partial charge in [0.25, 0.3) is 0 Å². The first-order valence-corrected chi connectivity index (χ1v) is 8.11. The fourth-order valence-electron chi connectivity index (χ4n) is 0.660. The first-order valence-electron chi connectivity index (χ1n) is 4.19. The van der Waals surface area contributed by atoms with Gasteiger partial charge in [0.05, 0.1) is 5.69 Å². The van der Waals surface area contributed by atoms with Gasteiger partial charge in [-0.1, -0.05) is 6.07 Å². The maximum Gasteiger partial charge on any atom is 0.522 e. The standard InChI is InChI=1S/C6H6ClNO2S.CHF3O3S/c7-11(9,10)5-6-3-1-2-4-8-6;2-1(3,4)8(5,6)7/h1-4H,5H2;(H,5,6,7). The number of halogens is 4. The van der Waals surface area contributed by atoms with E-state index in [2.05, 4.69) is 4.98 Å². The van der Waals surface area contributed by atoms with Crippen LogP contribution >= 0.6 is 10.7 Å². The smallest absolute Gasteiger partial charge is 0.279 e. The summed E-state index contributed by atoms with van der Waals surface area (Å²) in [7, 11) is -4.31. The summed E-state index contributed by atoms with van der Waals surface area (Å²) in [4.78, 5) is 3.80. The highest BCUT2D eigenvalue weighted by molar-refractivity contribution is 8.13. The maximum atomic E-state index is 10.7. The van der Waals surface area contributed by atoms with Crippen molar-refractivity contribution in [2.24, 2.45) is 0 Å². The van der Waals surface area contributed by atoms with Crippen LogP contribution in [0.3, 0.4) is 0 Å². The van der Waals surface area contributed by atoms with Crippen LogP contribution in [-0.2, 0) is 24.9 Å². The topological polar surface area (TPSA) is 101 Å². The van der Waals surface area contributed by atoms with Crippen LogP contribution in [0.4, 0.5) is 13.2 Å². The lowest BCUT2D eigenvalue weighted by molar-refractivity contribution is -0.0510. The quantitative estimate of drug-likeness (QED) is 0.497. The SMILES string of the molecule is O=S(=O)(Cl)Cc1ccccn1.O=S(=O)(O)C(F)(F)F. The summed E-state index contributed by atoms with van der Waals surface area (Å²) in [6, 6.07) is 5.04. The predicted octanol–water partition coefficient (Wildman–Crippen LogP) is 1.54. The molecule has 12 heteroatoms. The van der Waals surface area contributed by atoms with Gasteiger partial charge < -0.3 is 0 Å². The molecule has 1 heterocycles. The maximum absolute atomic E-state index is 10.7. The minimum Gasteiger partial charge on any atom is -0.279 e. The average Bonchev–Trinajstić information content (AvgIpc) is 2.14. The average molecular weight is 342 g/mol. The third kappa shape index (κ3) is 8.75. The zero-order chi connectivity index (χ0) is 15.3. The molecule has 0 aliphatic heterocycles. The first-order chi connectivity index (χ1) is 8.33. The third-order valence-corrected chi connectivity index (χ3v) is 2.89. The van der Waals surface area contributed by atoms with Gasteiger partial charge in [0.15, 0.2) is 0 Å². The molecule has 0 saturated carbocycles. The van der Waals surface area contributed by atoms with Gasteiger partial charge in [-0.3, -0.25) is 9.54 Å². The Morgan fingerprint density at radius 3 is 1.95 bits per heavy atom. The van der Waals surface area contributed by atoms with Crippen LogP contribution in [0.15, 0.2) is 24.4 Å². The normalized spacial score (nSPS) is 12.5. The van der Waals surface area contributed by atoms with Crippen molar-refractivity contribution in [3.8, 4) is 0 Å². The predicted molar refractivity (Wildman–Crippen MR) is 60.3 cm³/mol. The van der Waals surface area contributed by atoms with Crippen molar-refractivity contribution in [2.75, 3.05) is 0 Å². The van der Waals surface area contributed by atoms with Crippen LogP contribution in [0, 0.1) is 0 Å². The van der Waals surface area contributed by atoms with Gasteiger partial charge in [-0.25, -0.2) is 8.42 Å². The molecule has 1 aromatic heterocycles. The van der Waals surface area contributed by atoms with Crippen molar-refractivity contribution in [2.45, 2.75) is 11.3 Å². The van der Waals surface area contributed by atoms with Crippen molar-refractivity contribution in [3.05, 3.63) is 30.1 Å². The van der Waals surface area contributed by atoms with Gasteiger partial charge in [-0.15, -0.1) is 0 Å². The molecule has 0 radical (unpaired) electrons. The summed E-state index contributed by atoms with van der Waals surface area (Å²) in [6.07, 6.45) is 1.53. The molecule has 0 unspecified atom stereocenters. The fourth-order valence-corrected chi connectivity index (χ4v) is 1.52. The number of nitrogens with zero attached hydrogens (tertiary/aromatic N) is 1. The molecule has 0 aromatic carbocycles. The molecule has 19 heavy (non-hydrogen) atoms. The Bertz CT molecular complexity index is 599. The Balaban J connectivity index is 0.000000362. The lowest BCUT2D eigenvalue weighted by Crippen LogP contribution is -2.21. The minimum absolute atomic E-state index is 0.213. The van der Waals surface area contributed by atoms with Crippen molar-refractivity contribution in [1.82, 2.24) is 4.98 Å². The largest absolute Gasteiger partial charge is 0.522 e. The van der Waals surface area contributed by atoms with Gasteiger partial charge in [0.1, 0.15) is 5.75 Å². The summed E-state index contributed by atoms with van der Waals surface area (Å²) in [5, 5.41) is 0. The van der Waals surface area contributed by atoms with E-state index in [1.807, 2.05) is 0 Å². The Morgan fingerprint density at radius 2 is 1.68 bits per heavy atom. The number of hydrogen-bond acceptors (Lipinski definition) is 5. The molecule has 0 atom stereocenters. The second-order valence-electron chi connectivity index (χ2n) is 2.93. The van der Waals surface area contributed by atoms with E-state index < -0.39 is 24.7 Å². The molecule has 6 nitrogen and oxygen atoms in total. The molecule has 0 aliphatic carbocycles. The second kappa shape index (κ2) is 6.50. The van der Waals surface area contributed by atoms with E-state index in [1.54, 1.807) is 18.2 Å². The molecular formula is C7H7ClF3NO5S2. The minimum atomic E-state index is -5.84. The number of aromatic nitrogens is 1. The van der Waals surface area contributed by atoms with Gasteiger partial charge in [0, 0.05) is 16.9 Å². The Morgan fingerprint density at radius 1 is 1.21 bits per heavy atom. The highest BCUT2D eigenvalue weighted by atomic mass is 35.7. The number of hydrogen-bond donors (Lipinski definition) is 1. The Hall–Kier alpha value is -0.910. The molecule has 1 aromatic rings. The van der Waals surface area contributed by atoms with E-state index in [1.165, 1.54) is 6.20 Å². The molecule has 1 N–H and O–H groups in total. The zero-order valence-electron chi connectivity index (χ0n) is 8.87. The summed E-state index contributed by atoms with van der Waals surface area (Å²) in [6.45, 7) is 0. The van der Waals surface area contributed by atoms with E-state index in [0.717, 1.165) is 0 Å². The van der Waals surface area contributed by atoms with Crippen molar-refractivity contribution in [1.29, 1.82) is 0 Å². The molecule has 110 valence electrons. The Labute approximate surface area is 111 Å². The molecule has 0 bridgehead atoms. The van der Waals surface area contributed by atoms with Gasteiger partial charge in [0.2, 0.25) is 9.05 Å². The molecule has 0 amide bonds. The first kappa shape index (κ1) is 18.1. The van der Waals surface area contributed by atoms with E-state index in [4.69, 9.17) is 23.7 Å². The van der Waals surface area contributed by atoms with E-state index in [-0.39, 0.29) is 5.75 Å². The highest BCUT2D eigenvalue weighted by Gasteiger charge is 2.44. The Kier molecular flexibility index (Phi) is 6.19. The fraction of sp³-hybridized carbons (Fsp3) is 0.286. The van der Waals surface area contributed by atoms with Crippen LogP contribution in [-0.4, -0.2) is 31.9 Å². The summed E-state index contributed by atoms with van der Waals surface area (Å²) < 4.78 is 78.6. The van der Waals surface area contributed by atoms with E-state index in [0.29, 0.717) is 5.69 Å². The highest BCUT2D eigenvalue weighted by Crippen LogP contribution is 2.20. The zero-order valence-corrected chi connectivity index (χ0v) is 11.3. The lowest BCUT2D eigenvalue weighted by Gasteiger charge is -1.97. The molecule has 1 rings (SSSR count). The molecule has 0 saturated heterocycles. The summed E-state index contributed by atoms with van der Waals surface area (Å²) >= 11 is 0. The van der Waals surface area contributed by atoms with Crippen molar-refractivity contribution in [3.63, 3.8) is 0 Å². The summed E-state index contributed by atoms with van der Waals surface area (Å²) in [5.41, 5.74) is -5.07. The molecule has 0 spiro atoms. The molecular weight excluding hydrogens is 335 g/mol. The number of rotatable bonds is 2. The molecule has 0 fully saturated rings. The van der Waals surface area contributed by atoms with Crippen molar-refractivity contribution >= 4 is 29.9 Å². The van der Waals surface area contributed by atoms with Crippen molar-refractivity contribution < 1.29 is 34.6 Å². The van der Waals surface area contributed by atoms with Crippen LogP contribution in [0.25, 0.3) is 0 Å². The van der Waals surface area contributed by atoms with Crippen LogP contribution in [0.2, 0.25) is 0 Å². The van der Waals surface area contributed by atoms with E-state index in [9.17, 15) is 21.6 Å².